The molecular formula is C10H14N4O4. The summed E-state index contributed by atoms with van der Waals surface area (Å²) in [6.45, 7) is 0.235. The second-order valence-electron chi connectivity index (χ2n) is 3.34. The van der Waals surface area contributed by atoms with Gasteiger partial charge in [0.05, 0.1) is 0 Å². The monoisotopic (exact) mass is 254 g/mol. The Balaban J connectivity index is 2.48. The highest BCUT2D eigenvalue weighted by Gasteiger charge is 2.19. The fourth-order valence-corrected chi connectivity index (χ4v) is 1.15. The van der Waals surface area contributed by atoms with E-state index in [9.17, 15) is 9.59 Å². The average molecular weight is 254 g/mol. The Morgan fingerprint density at radius 1 is 1.44 bits per heavy atom. The van der Waals surface area contributed by atoms with E-state index in [4.69, 9.17) is 9.84 Å². The minimum absolute atomic E-state index is 0.103. The second-order valence-corrected chi connectivity index (χ2v) is 3.34. The van der Waals surface area contributed by atoms with E-state index in [2.05, 4.69) is 20.6 Å². The molecule has 0 spiro atoms. The van der Waals surface area contributed by atoms with Crippen LogP contribution in [0.4, 0.5) is 10.7 Å². The molecule has 0 aliphatic rings. The van der Waals surface area contributed by atoms with Crippen LogP contribution in [0, 0.1) is 0 Å². The molecule has 2 amide bonds. The van der Waals surface area contributed by atoms with Crippen molar-refractivity contribution in [3.05, 3.63) is 18.5 Å². The van der Waals surface area contributed by atoms with Gasteiger partial charge in [-0.1, -0.05) is 0 Å². The lowest BCUT2D eigenvalue weighted by atomic mass is 10.2. The largest absolute Gasteiger partial charge is 0.480 e. The van der Waals surface area contributed by atoms with E-state index in [1.54, 1.807) is 6.07 Å². The van der Waals surface area contributed by atoms with Crippen LogP contribution in [0.1, 0.15) is 6.42 Å². The van der Waals surface area contributed by atoms with E-state index in [-0.39, 0.29) is 19.0 Å². The van der Waals surface area contributed by atoms with Gasteiger partial charge >= 0.3 is 12.0 Å². The summed E-state index contributed by atoms with van der Waals surface area (Å²) in [6.07, 6.45) is 3.10. The van der Waals surface area contributed by atoms with Crippen LogP contribution in [0.5, 0.6) is 0 Å². The normalized spacial score (nSPS) is 11.6. The number of urea groups is 1. The van der Waals surface area contributed by atoms with Crippen LogP contribution in [0.15, 0.2) is 18.5 Å². The van der Waals surface area contributed by atoms with Gasteiger partial charge in [0, 0.05) is 32.5 Å². The highest BCUT2D eigenvalue weighted by molar-refractivity contribution is 5.90. The Labute approximate surface area is 103 Å². The summed E-state index contributed by atoms with van der Waals surface area (Å²) < 4.78 is 4.76. The van der Waals surface area contributed by atoms with E-state index >= 15 is 0 Å². The molecule has 0 aromatic carbocycles. The molecule has 0 radical (unpaired) electrons. The number of carbonyl (C=O) groups excluding carboxylic acids is 1. The maximum atomic E-state index is 11.5. The summed E-state index contributed by atoms with van der Waals surface area (Å²) in [5, 5.41) is 13.5. The number of amides is 2. The second kappa shape index (κ2) is 7.17. The number of carbonyl (C=O) groups is 2. The smallest absolute Gasteiger partial charge is 0.326 e. The first-order chi connectivity index (χ1) is 8.63. The number of nitrogens with zero attached hydrogens (tertiary/aromatic N) is 2. The van der Waals surface area contributed by atoms with Crippen LogP contribution in [-0.4, -0.2) is 46.8 Å². The number of aromatic nitrogens is 2. The highest BCUT2D eigenvalue weighted by Crippen LogP contribution is 1.97. The van der Waals surface area contributed by atoms with E-state index in [1.165, 1.54) is 19.5 Å². The minimum atomic E-state index is -1.13. The fraction of sp³-hybridized carbons (Fsp3) is 0.400. The molecule has 0 saturated heterocycles. The first-order valence-electron chi connectivity index (χ1n) is 5.19. The summed E-state index contributed by atoms with van der Waals surface area (Å²) >= 11 is 0. The zero-order valence-corrected chi connectivity index (χ0v) is 9.79. The lowest BCUT2D eigenvalue weighted by Gasteiger charge is -2.13. The molecule has 0 fully saturated rings. The molecule has 3 N–H and O–H groups in total. The fourth-order valence-electron chi connectivity index (χ4n) is 1.15. The van der Waals surface area contributed by atoms with Crippen LogP contribution in [0.25, 0.3) is 0 Å². The molecule has 1 aromatic heterocycles. The van der Waals surface area contributed by atoms with E-state index in [0.717, 1.165) is 0 Å². The molecule has 0 aliphatic heterocycles. The third-order valence-electron chi connectivity index (χ3n) is 2.01. The van der Waals surface area contributed by atoms with Crippen molar-refractivity contribution >= 4 is 17.9 Å². The zero-order chi connectivity index (χ0) is 13.4. The molecule has 1 heterocycles. The number of hydrogen-bond donors (Lipinski definition) is 3. The van der Waals surface area contributed by atoms with Gasteiger partial charge in [-0.05, 0) is 6.07 Å². The standard InChI is InChI=1S/C10H14N4O4/c1-18-6-3-7(8(15)16)13-10(17)14-9-11-4-2-5-12-9/h2,4-5,7H,3,6H2,1H3,(H,15,16)(H2,11,12,13,14,17). The number of rotatable bonds is 6. The lowest BCUT2D eigenvalue weighted by molar-refractivity contribution is -0.139. The Morgan fingerprint density at radius 3 is 2.67 bits per heavy atom. The van der Waals surface area contributed by atoms with Crippen molar-refractivity contribution in [2.75, 3.05) is 19.0 Å². The molecule has 0 aliphatic carbocycles. The summed E-state index contributed by atoms with van der Waals surface area (Å²) in [6, 6.07) is -0.0970. The average Bonchev–Trinajstić information content (AvgIpc) is 2.35. The molecule has 8 heteroatoms. The van der Waals surface area contributed by atoms with Crippen molar-refractivity contribution in [2.45, 2.75) is 12.5 Å². The Morgan fingerprint density at radius 2 is 2.11 bits per heavy atom. The van der Waals surface area contributed by atoms with Crippen molar-refractivity contribution in [2.24, 2.45) is 0 Å². The van der Waals surface area contributed by atoms with Crippen LogP contribution in [0.3, 0.4) is 0 Å². The molecule has 18 heavy (non-hydrogen) atoms. The predicted molar refractivity (Wildman–Crippen MR) is 62.1 cm³/mol. The van der Waals surface area contributed by atoms with Gasteiger partial charge in [-0.25, -0.2) is 19.6 Å². The molecule has 8 nitrogen and oxygen atoms in total. The van der Waals surface area contributed by atoms with E-state index in [0.29, 0.717) is 0 Å². The highest BCUT2D eigenvalue weighted by atomic mass is 16.5. The van der Waals surface area contributed by atoms with Crippen LogP contribution < -0.4 is 10.6 Å². The van der Waals surface area contributed by atoms with Crippen molar-refractivity contribution in [3.8, 4) is 0 Å². The molecular weight excluding hydrogens is 240 g/mol. The quantitative estimate of drug-likeness (QED) is 0.663. The van der Waals surface area contributed by atoms with Crippen LogP contribution in [-0.2, 0) is 9.53 Å². The van der Waals surface area contributed by atoms with Gasteiger partial charge in [-0.3, -0.25) is 5.32 Å². The van der Waals surface area contributed by atoms with Gasteiger partial charge in [0.1, 0.15) is 6.04 Å². The number of nitrogens with one attached hydrogen (secondary N) is 2. The van der Waals surface area contributed by atoms with Crippen molar-refractivity contribution < 1.29 is 19.4 Å². The summed E-state index contributed by atoms with van der Waals surface area (Å²) in [5.74, 6) is -1.03. The van der Waals surface area contributed by atoms with E-state index in [1.807, 2.05) is 0 Å². The predicted octanol–water partition coefficient (Wildman–Crippen LogP) is 0.0878. The zero-order valence-electron chi connectivity index (χ0n) is 9.79. The Hall–Kier alpha value is -2.22. The summed E-state index contributed by atoms with van der Waals surface area (Å²) in [4.78, 5) is 29.9. The van der Waals surface area contributed by atoms with Crippen molar-refractivity contribution in [1.82, 2.24) is 15.3 Å². The molecule has 1 aromatic rings. The first-order valence-corrected chi connectivity index (χ1v) is 5.19. The van der Waals surface area contributed by atoms with Gasteiger partial charge < -0.3 is 15.2 Å². The molecule has 0 saturated carbocycles. The third kappa shape index (κ3) is 4.74. The van der Waals surface area contributed by atoms with E-state index < -0.39 is 18.0 Å². The molecule has 1 rings (SSSR count). The summed E-state index contributed by atoms with van der Waals surface area (Å²) in [7, 11) is 1.46. The molecule has 1 unspecified atom stereocenters. The minimum Gasteiger partial charge on any atom is -0.480 e. The topological polar surface area (TPSA) is 113 Å². The Bertz CT molecular complexity index is 398. The van der Waals surface area contributed by atoms with Gasteiger partial charge in [0.25, 0.3) is 0 Å². The number of carboxylic acid groups (broad SMARTS) is 1. The van der Waals surface area contributed by atoms with Crippen molar-refractivity contribution in [1.29, 1.82) is 0 Å². The van der Waals surface area contributed by atoms with Crippen LogP contribution >= 0.6 is 0 Å². The van der Waals surface area contributed by atoms with Gasteiger partial charge in [0.2, 0.25) is 5.95 Å². The van der Waals surface area contributed by atoms with Gasteiger partial charge in [-0.15, -0.1) is 0 Å². The SMILES string of the molecule is COCCC(NC(=O)Nc1ncccn1)C(=O)O. The van der Waals surface area contributed by atoms with Gasteiger partial charge in [0.15, 0.2) is 0 Å². The number of aliphatic carboxylic acids is 1. The maximum Gasteiger partial charge on any atom is 0.326 e. The summed E-state index contributed by atoms with van der Waals surface area (Å²) in [5.41, 5.74) is 0. The molecule has 1 atom stereocenters. The number of ether oxygens (including phenoxy) is 1. The lowest BCUT2D eigenvalue weighted by Crippen LogP contribution is -2.43. The molecule has 0 bridgehead atoms. The first kappa shape index (κ1) is 13.8. The van der Waals surface area contributed by atoms with Crippen molar-refractivity contribution in [3.63, 3.8) is 0 Å². The number of anilines is 1. The number of hydrogen-bond acceptors (Lipinski definition) is 5. The molecule has 98 valence electrons. The number of carboxylic acids is 1. The Kier molecular flexibility index (Phi) is 5.52. The third-order valence-corrected chi connectivity index (χ3v) is 2.01. The van der Waals surface area contributed by atoms with Crippen LogP contribution in [0.2, 0.25) is 0 Å². The number of methoxy groups -OCH3 is 1. The van der Waals surface area contributed by atoms with Gasteiger partial charge in [-0.2, -0.15) is 0 Å². The maximum absolute atomic E-state index is 11.5.